The van der Waals surface area contributed by atoms with Crippen LogP contribution in [0, 0.1) is 0 Å². The summed E-state index contributed by atoms with van der Waals surface area (Å²) >= 11 is 5.89. The van der Waals surface area contributed by atoms with Gasteiger partial charge >= 0.3 is 12.3 Å². The summed E-state index contributed by atoms with van der Waals surface area (Å²) < 4.78 is 36.2. The Hall–Kier alpha value is -1.63. The van der Waals surface area contributed by atoms with Crippen LogP contribution in [-0.4, -0.2) is 43.4 Å². The van der Waals surface area contributed by atoms with Crippen LogP contribution in [-0.2, 0) is 0 Å². The Bertz CT molecular complexity index is 487. The molecule has 4 nitrogen and oxygen atoms in total. The number of piperazine rings is 1. The topological polar surface area (TPSA) is 35.6 Å². The summed E-state index contributed by atoms with van der Waals surface area (Å²) in [5.74, 6) is 0. The van der Waals surface area contributed by atoms with Crippen molar-refractivity contribution in [1.82, 2.24) is 10.2 Å². The van der Waals surface area contributed by atoms with Crippen LogP contribution in [0.5, 0.6) is 0 Å². The summed E-state index contributed by atoms with van der Waals surface area (Å²) in [7, 11) is 0. The zero-order chi connectivity index (χ0) is 14.8. The van der Waals surface area contributed by atoms with Crippen LogP contribution in [0.25, 0.3) is 0 Å². The summed E-state index contributed by atoms with van der Waals surface area (Å²) in [5, 5.41) is 1.60. The molecule has 0 radical (unpaired) electrons. The monoisotopic (exact) mass is 307 g/mol. The number of benzene rings is 1. The van der Waals surface area contributed by atoms with E-state index < -0.39 is 12.3 Å². The van der Waals surface area contributed by atoms with Crippen LogP contribution in [0.15, 0.2) is 24.3 Å². The molecule has 1 aromatic rings. The minimum Gasteiger partial charge on any atom is -0.368 e. The molecule has 2 amide bonds. The first-order valence-electron chi connectivity index (χ1n) is 5.99. The van der Waals surface area contributed by atoms with Gasteiger partial charge in [-0.25, -0.2) is 10.1 Å². The Morgan fingerprint density at radius 1 is 1.20 bits per heavy atom. The van der Waals surface area contributed by atoms with Crippen molar-refractivity contribution in [2.75, 3.05) is 31.1 Å². The van der Waals surface area contributed by atoms with Crippen molar-refractivity contribution in [3.05, 3.63) is 29.3 Å². The molecule has 1 heterocycles. The minimum absolute atomic E-state index is 0.231. The molecule has 0 spiro atoms. The van der Waals surface area contributed by atoms with Crippen molar-refractivity contribution in [2.24, 2.45) is 0 Å². The molecule has 8 heteroatoms. The molecule has 0 unspecified atom stereocenters. The molecular formula is C12H13ClF3N3O. The van der Waals surface area contributed by atoms with Gasteiger partial charge in [0.15, 0.2) is 0 Å². The highest BCUT2D eigenvalue weighted by Crippen LogP contribution is 2.21. The number of nitrogens with one attached hydrogen (secondary N) is 1. The SMILES string of the molecule is O=C(NC(F)(F)F)N1CCN(c2cccc(Cl)c2)CC1. The molecular weight excluding hydrogens is 295 g/mol. The Balaban J connectivity index is 1.91. The fourth-order valence-corrected chi connectivity index (χ4v) is 2.23. The number of alkyl halides is 3. The first-order chi connectivity index (χ1) is 9.35. The van der Waals surface area contributed by atoms with Crippen molar-refractivity contribution < 1.29 is 18.0 Å². The lowest BCUT2D eigenvalue weighted by atomic mass is 10.2. The number of urea groups is 1. The van der Waals surface area contributed by atoms with Crippen molar-refractivity contribution in [2.45, 2.75) is 6.30 Å². The number of anilines is 1. The molecule has 0 bridgehead atoms. The van der Waals surface area contributed by atoms with Crippen LogP contribution in [0.4, 0.5) is 23.7 Å². The highest BCUT2D eigenvalue weighted by Gasteiger charge is 2.33. The van der Waals surface area contributed by atoms with Crippen molar-refractivity contribution in [1.29, 1.82) is 0 Å². The van der Waals surface area contributed by atoms with Crippen molar-refractivity contribution in [3.63, 3.8) is 0 Å². The normalized spacial score (nSPS) is 16.2. The number of carbonyl (C=O) groups excluding carboxylic acids is 1. The van der Waals surface area contributed by atoms with E-state index in [9.17, 15) is 18.0 Å². The van der Waals surface area contributed by atoms with Gasteiger partial charge in [0.1, 0.15) is 0 Å². The van der Waals surface area contributed by atoms with Gasteiger partial charge < -0.3 is 9.80 Å². The molecule has 1 saturated heterocycles. The summed E-state index contributed by atoms with van der Waals surface area (Å²) in [4.78, 5) is 14.5. The first-order valence-corrected chi connectivity index (χ1v) is 6.37. The van der Waals surface area contributed by atoms with Crippen LogP contribution in [0.2, 0.25) is 5.02 Å². The van der Waals surface area contributed by atoms with Crippen molar-refractivity contribution in [3.8, 4) is 0 Å². The molecule has 2 rings (SSSR count). The maximum Gasteiger partial charge on any atom is 0.485 e. The average molecular weight is 308 g/mol. The largest absolute Gasteiger partial charge is 0.485 e. The second kappa shape index (κ2) is 5.78. The average Bonchev–Trinajstić information content (AvgIpc) is 2.37. The maximum atomic E-state index is 12.1. The number of rotatable bonds is 1. The molecule has 1 fully saturated rings. The van der Waals surface area contributed by atoms with E-state index in [1.54, 1.807) is 18.2 Å². The lowest BCUT2D eigenvalue weighted by molar-refractivity contribution is -0.147. The smallest absolute Gasteiger partial charge is 0.368 e. The molecule has 1 aliphatic heterocycles. The third kappa shape index (κ3) is 3.93. The standard InChI is InChI=1S/C12H13ClF3N3O/c13-9-2-1-3-10(8-9)18-4-6-19(7-5-18)11(20)17-12(14,15)16/h1-3,8H,4-7H2,(H,17,20). The Morgan fingerprint density at radius 2 is 1.85 bits per heavy atom. The molecule has 1 aliphatic rings. The summed E-state index contributed by atoms with van der Waals surface area (Å²) in [6, 6.07) is 6.10. The summed E-state index contributed by atoms with van der Waals surface area (Å²) in [6.07, 6.45) is -4.69. The predicted molar refractivity (Wildman–Crippen MR) is 69.8 cm³/mol. The lowest BCUT2D eigenvalue weighted by Crippen LogP contribution is -2.54. The number of nitrogens with zero attached hydrogens (tertiary/aromatic N) is 2. The van der Waals surface area contributed by atoms with E-state index in [1.165, 1.54) is 0 Å². The Morgan fingerprint density at radius 3 is 2.40 bits per heavy atom. The molecule has 1 N–H and O–H groups in total. The zero-order valence-corrected chi connectivity index (χ0v) is 11.2. The van der Waals surface area contributed by atoms with Gasteiger partial charge in [0.25, 0.3) is 0 Å². The lowest BCUT2D eigenvalue weighted by Gasteiger charge is -2.36. The molecule has 0 atom stereocenters. The highest BCUT2D eigenvalue weighted by molar-refractivity contribution is 6.30. The van der Waals surface area contributed by atoms with Crippen LogP contribution in [0.3, 0.4) is 0 Å². The molecule has 110 valence electrons. The third-order valence-electron chi connectivity index (χ3n) is 2.99. The minimum atomic E-state index is -4.69. The van der Waals surface area contributed by atoms with E-state index >= 15 is 0 Å². The van der Waals surface area contributed by atoms with E-state index in [1.807, 2.05) is 11.0 Å². The fourth-order valence-electron chi connectivity index (χ4n) is 2.04. The maximum absolute atomic E-state index is 12.1. The quantitative estimate of drug-likeness (QED) is 0.810. The van der Waals surface area contributed by atoms with Gasteiger partial charge in [-0.2, -0.15) is 13.2 Å². The molecule has 0 saturated carbocycles. The van der Waals surface area contributed by atoms with E-state index in [4.69, 9.17) is 11.6 Å². The van der Waals surface area contributed by atoms with Crippen LogP contribution >= 0.6 is 11.6 Å². The van der Waals surface area contributed by atoms with E-state index in [-0.39, 0.29) is 13.1 Å². The molecule has 20 heavy (non-hydrogen) atoms. The first kappa shape index (κ1) is 14.8. The van der Waals surface area contributed by atoms with Crippen molar-refractivity contribution >= 4 is 23.3 Å². The Kier molecular flexibility index (Phi) is 4.27. The zero-order valence-electron chi connectivity index (χ0n) is 10.5. The number of carbonyl (C=O) groups is 1. The number of halogens is 4. The van der Waals surface area contributed by atoms with E-state index in [2.05, 4.69) is 0 Å². The molecule has 0 aliphatic carbocycles. The van der Waals surface area contributed by atoms with Gasteiger partial charge in [-0.1, -0.05) is 17.7 Å². The van der Waals surface area contributed by atoms with E-state index in [0.29, 0.717) is 18.1 Å². The molecule has 0 aromatic heterocycles. The highest BCUT2D eigenvalue weighted by atomic mass is 35.5. The number of amides is 2. The second-order valence-corrected chi connectivity index (χ2v) is 4.82. The van der Waals surface area contributed by atoms with Crippen LogP contribution < -0.4 is 10.2 Å². The van der Waals surface area contributed by atoms with E-state index in [0.717, 1.165) is 15.9 Å². The predicted octanol–water partition coefficient (Wildman–Crippen LogP) is 2.69. The number of hydrogen-bond acceptors (Lipinski definition) is 2. The Labute approximate surface area is 119 Å². The molecule has 1 aromatic carbocycles. The second-order valence-electron chi connectivity index (χ2n) is 4.38. The van der Waals surface area contributed by atoms with Gasteiger partial charge in [-0.05, 0) is 18.2 Å². The van der Waals surface area contributed by atoms with Gasteiger partial charge in [0.05, 0.1) is 0 Å². The van der Waals surface area contributed by atoms with Gasteiger partial charge in [-0.15, -0.1) is 0 Å². The van der Waals surface area contributed by atoms with Gasteiger partial charge in [0.2, 0.25) is 0 Å². The van der Waals surface area contributed by atoms with Crippen LogP contribution in [0.1, 0.15) is 0 Å². The van der Waals surface area contributed by atoms with Gasteiger partial charge in [-0.3, -0.25) is 0 Å². The summed E-state index contributed by atoms with van der Waals surface area (Å²) in [5.41, 5.74) is 0.897. The number of hydrogen-bond donors (Lipinski definition) is 1. The van der Waals surface area contributed by atoms with Gasteiger partial charge in [0, 0.05) is 36.9 Å². The third-order valence-corrected chi connectivity index (χ3v) is 3.22. The summed E-state index contributed by atoms with van der Waals surface area (Å²) in [6.45, 7) is 1.39. The fraction of sp³-hybridized carbons (Fsp3) is 0.417.